The number of nitrogens with one attached hydrogen (secondary N) is 2. The van der Waals surface area contributed by atoms with Gasteiger partial charge in [-0.1, -0.05) is 48.5 Å². The number of benzene rings is 2. The van der Waals surface area contributed by atoms with Gasteiger partial charge in [-0.05, 0) is 22.3 Å². The smallest absolute Gasteiger partial charge is 0.407 e. The Morgan fingerprint density at radius 3 is 2.06 bits per heavy atom. The first-order valence-corrected chi connectivity index (χ1v) is 10.6. The van der Waals surface area contributed by atoms with Gasteiger partial charge in [0.2, 0.25) is 5.91 Å². The summed E-state index contributed by atoms with van der Waals surface area (Å²) in [6.07, 6.45) is -0.708. The van der Waals surface area contributed by atoms with Gasteiger partial charge in [-0.2, -0.15) is 0 Å². The van der Waals surface area contributed by atoms with Crippen molar-refractivity contribution >= 4 is 18.0 Å². The van der Waals surface area contributed by atoms with Crippen molar-refractivity contribution in [2.75, 3.05) is 34.0 Å². The molecule has 0 aliphatic heterocycles. The van der Waals surface area contributed by atoms with Crippen LogP contribution in [0, 0.1) is 0 Å². The third kappa shape index (κ3) is 5.88. The van der Waals surface area contributed by atoms with Crippen molar-refractivity contribution in [1.29, 1.82) is 0 Å². The molecule has 0 radical (unpaired) electrons. The van der Waals surface area contributed by atoms with Gasteiger partial charge in [-0.3, -0.25) is 4.79 Å². The molecule has 1 aliphatic rings. The number of methoxy groups -OCH3 is 2. The van der Waals surface area contributed by atoms with Crippen molar-refractivity contribution in [3.63, 3.8) is 0 Å². The maximum absolute atomic E-state index is 12.6. The summed E-state index contributed by atoms with van der Waals surface area (Å²) in [7, 11) is 2.81. The summed E-state index contributed by atoms with van der Waals surface area (Å²) >= 11 is 0. The standard InChI is InChI=1S/C24H28N2O7/c1-31-12-11-20(23(28)29)25-22(27)21(14-32-2)26-24(30)33-13-19-17-9-5-3-7-15(17)16-8-4-6-10-18(16)19/h3-10,19-21H,11-14H2,1-2H3,(H,25,27)(H,26,30)(H,28,29)/t20?,21-/m0/s1. The summed E-state index contributed by atoms with van der Waals surface area (Å²) in [6.45, 7) is 0.103. The van der Waals surface area contributed by atoms with E-state index in [0.29, 0.717) is 0 Å². The highest BCUT2D eigenvalue weighted by molar-refractivity contribution is 5.89. The van der Waals surface area contributed by atoms with Crippen LogP contribution in [0.25, 0.3) is 11.1 Å². The summed E-state index contributed by atoms with van der Waals surface area (Å²) in [5.41, 5.74) is 4.35. The van der Waals surface area contributed by atoms with Gasteiger partial charge in [-0.15, -0.1) is 0 Å². The molecule has 2 aromatic rings. The molecule has 0 aromatic heterocycles. The molecule has 0 heterocycles. The van der Waals surface area contributed by atoms with Gasteiger partial charge >= 0.3 is 12.1 Å². The minimum atomic E-state index is -1.20. The Hall–Kier alpha value is -3.43. The van der Waals surface area contributed by atoms with Crippen LogP contribution in [0.4, 0.5) is 4.79 Å². The number of carbonyl (C=O) groups is 3. The Labute approximate surface area is 192 Å². The predicted molar refractivity (Wildman–Crippen MR) is 120 cm³/mol. The molecule has 0 saturated carbocycles. The number of hydrogen-bond donors (Lipinski definition) is 3. The number of carboxylic acid groups (broad SMARTS) is 1. The lowest BCUT2D eigenvalue weighted by Gasteiger charge is -2.21. The van der Waals surface area contributed by atoms with E-state index in [4.69, 9.17) is 14.2 Å². The summed E-state index contributed by atoms with van der Waals surface area (Å²) in [4.78, 5) is 36.4. The third-order valence-electron chi connectivity index (χ3n) is 5.51. The molecule has 3 N–H and O–H groups in total. The van der Waals surface area contributed by atoms with E-state index >= 15 is 0 Å². The van der Waals surface area contributed by atoms with Gasteiger partial charge in [0.15, 0.2) is 0 Å². The van der Waals surface area contributed by atoms with Gasteiger partial charge in [0, 0.05) is 33.2 Å². The van der Waals surface area contributed by atoms with E-state index in [2.05, 4.69) is 10.6 Å². The Morgan fingerprint density at radius 2 is 1.52 bits per heavy atom. The highest BCUT2D eigenvalue weighted by Crippen LogP contribution is 2.44. The largest absolute Gasteiger partial charge is 0.480 e. The number of rotatable bonds is 11. The van der Waals surface area contributed by atoms with E-state index in [-0.39, 0.29) is 32.2 Å². The molecule has 9 heteroatoms. The van der Waals surface area contributed by atoms with Gasteiger partial charge in [0.25, 0.3) is 0 Å². The van der Waals surface area contributed by atoms with Crippen LogP contribution in [0.3, 0.4) is 0 Å². The molecule has 33 heavy (non-hydrogen) atoms. The van der Waals surface area contributed by atoms with Crippen LogP contribution < -0.4 is 10.6 Å². The van der Waals surface area contributed by atoms with Crippen molar-refractivity contribution in [3.8, 4) is 11.1 Å². The second-order valence-corrected chi connectivity index (χ2v) is 7.66. The van der Waals surface area contributed by atoms with E-state index in [9.17, 15) is 19.5 Å². The van der Waals surface area contributed by atoms with Crippen LogP contribution in [0.1, 0.15) is 23.5 Å². The first-order valence-electron chi connectivity index (χ1n) is 10.6. The average Bonchev–Trinajstić information content (AvgIpc) is 3.13. The van der Waals surface area contributed by atoms with Gasteiger partial charge in [0.05, 0.1) is 6.61 Å². The van der Waals surface area contributed by atoms with Crippen molar-refractivity contribution < 1.29 is 33.7 Å². The zero-order valence-corrected chi connectivity index (χ0v) is 18.6. The van der Waals surface area contributed by atoms with E-state index in [1.54, 1.807) is 0 Å². The summed E-state index contributed by atoms with van der Waals surface area (Å²) < 4.78 is 15.4. The van der Waals surface area contributed by atoms with Crippen molar-refractivity contribution in [3.05, 3.63) is 59.7 Å². The monoisotopic (exact) mass is 456 g/mol. The van der Waals surface area contributed by atoms with E-state index in [0.717, 1.165) is 22.3 Å². The molecule has 0 fully saturated rings. The SMILES string of the molecule is COCCC(NC(=O)[C@H](COC)NC(=O)OCC1c2ccccc2-c2ccccc21)C(=O)O. The quantitative estimate of drug-likeness (QED) is 0.473. The highest BCUT2D eigenvalue weighted by Gasteiger charge is 2.30. The maximum atomic E-state index is 12.6. The Kier molecular flexibility index (Phi) is 8.39. The number of fused-ring (bicyclic) bond motifs is 3. The first-order chi connectivity index (χ1) is 16.0. The fourth-order valence-electron chi connectivity index (χ4n) is 3.90. The normalized spacial score (nSPS) is 14.0. The van der Waals surface area contributed by atoms with Crippen LogP contribution in [-0.2, 0) is 23.8 Å². The molecule has 3 rings (SSSR count). The lowest BCUT2D eigenvalue weighted by Crippen LogP contribution is -2.53. The molecule has 176 valence electrons. The molecule has 2 aromatic carbocycles. The lowest BCUT2D eigenvalue weighted by molar-refractivity contribution is -0.142. The van der Waals surface area contributed by atoms with E-state index < -0.39 is 30.1 Å². The Balaban J connectivity index is 1.62. The number of carboxylic acids is 1. The fourth-order valence-corrected chi connectivity index (χ4v) is 3.90. The lowest BCUT2D eigenvalue weighted by atomic mass is 9.98. The fraction of sp³-hybridized carbons (Fsp3) is 0.375. The minimum Gasteiger partial charge on any atom is -0.480 e. The maximum Gasteiger partial charge on any atom is 0.407 e. The number of carbonyl (C=O) groups excluding carboxylic acids is 2. The van der Waals surface area contributed by atoms with Crippen molar-refractivity contribution in [1.82, 2.24) is 10.6 Å². The minimum absolute atomic E-state index is 0.0855. The van der Waals surface area contributed by atoms with Gasteiger partial charge in [-0.25, -0.2) is 9.59 Å². The van der Waals surface area contributed by atoms with Crippen LogP contribution in [0.5, 0.6) is 0 Å². The predicted octanol–water partition coefficient (Wildman–Crippen LogP) is 2.15. The molecule has 0 spiro atoms. The first kappa shape index (κ1) is 24.2. The summed E-state index contributed by atoms with van der Waals surface area (Å²) in [5.74, 6) is -2.00. The number of alkyl carbamates (subject to hydrolysis) is 1. The summed E-state index contributed by atoms with van der Waals surface area (Å²) in [5, 5.41) is 14.2. The summed E-state index contributed by atoms with van der Waals surface area (Å²) in [6, 6.07) is 13.6. The number of ether oxygens (including phenoxy) is 3. The molecule has 1 aliphatic carbocycles. The topological polar surface area (TPSA) is 123 Å². The Morgan fingerprint density at radius 1 is 0.909 bits per heavy atom. The van der Waals surface area contributed by atoms with Crippen molar-refractivity contribution in [2.45, 2.75) is 24.4 Å². The van der Waals surface area contributed by atoms with Crippen molar-refractivity contribution in [2.24, 2.45) is 0 Å². The van der Waals surface area contributed by atoms with Gasteiger partial charge < -0.3 is 30.0 Å². The van der Waals surface area contributed by atoms with E-state index in [1.165, 1.54) is 14.2 Å². The number of amides is 2. The molecule has 0 saturated heterocycles. The molecular formula is C24H28N2O7. The van der Waals surface area contributed by atoms with Crippen LogP contribution in [0.15, 0.2) is 48.5 Å². The zero-order valence-electron chi connectivity index (χ0n) is 18.6. The van der Waals surface area contributed by atoms with Crippen LogP contribution in [-0.4, -0.2) is 69.2 Å². The molecule has 2 atom stereocenters. The van der Waals surface area contributed by atoms with Crippen LogP contribution in [0.2, 0.25) is 0 Å². The average molecular weight is 456 g/mol. The van der Waals surface area contributed by atoms with Crippen LogP contribution >= 0.6 is 0 Å². The molecular weight excluding hydrogens is 428 g/mol. The number of aliphatic carboxylic acids is 1. The second kappa shape index (κ2) is 11.4. The Bertz CT molecular complexity index is 949. The molecule has 2 amide bonds. The zero-order chi connectivity index (χ0) is 23.8. The third-order valence-corrected chi connectivity index (χ3v) is 5.51. The molecule has 9 nitrogen and oxygen atoms in total. The highest BCUT2D eigenvalue weighted by atomic mass is 16.5. The van der Waals surface area contributed by atoms with Gasteiger partial charge in [0.1, 0.15) is 18.7 Å². The molecule has 0 bridgehead atoms. The number of hydrogen-bond acceptors (Lipinski definition) is 6. The molecule has 1 unspecified atom stereocenters. The van der Waals surface area contributed by atoms with E-state index in [1.807, 2.05) is 48.5 Å². The second-order valence-electron chi connectivity index (χ2n) is 7.66.